The number of aliphatic imine (C=N–C) groups is 1. The van der Waals surface area contributed by atoms with E-state index in [0.717, 1.165) is 30.4 Å². The largest absolute Gasteiger partial charge is 0.482 e. The van der Waals surface area contributed by atoms with Gasteiger partial charge in [0.2, 0.25) is 0 Å². The maximum Gasteiger partial charge on any atom is 0.166 e. The molecule has 1 aromatic carbocycles. The van der Waals surface area contributed by atoms with E-state index in [9.17, 15) is 4.39 Å². The molecule has 1 aromatic heterocycles. The topological polar surface area (TPSA) is 132 Å². The lowest BCUT2D eigenvalue weighted by atomic mass is 9.92. The fraction of sp³-hybridized carbons (Fsp3) is 0.304. The fourth-order valence-corrected chi connectivity index (χ4v) is 3.81. The van der Waals surface area contributed by atoms with E-state index in [4.69, 9.17) is 21.3 Å². The third-order valence-electron chi connectivity index (χ3n) is 5.77. The zero-order valence-electron chi connectivity index (χ0n) is 17.8. The van der Waals surface area contributed by atoms with Gasteiger partial charge < -0.3 is 26.5 Å². The van der Waals surface area contributed by atoms with E-state index in [1.54, 1.807) is 25.3 Å². The molecule has 1 saturated carbocycles. The number of benzene rings is 1. The Bertz CT molecular complexity index is 1110. The number of aromatic nitrogens is 1. The molecule has 8 nitrogen and oxygen atoms in total. The lowest BCUT2D eigenvalue weighted by molar-refractivity contribution is 0.226. The Morgan fingerprint density at radius 2 is 2.12 bits per heavy atom. The number of pyridine rings is 1. The molecule has 9 heteroatoms. The van der Waals surface area contributed by atoms with Crippen molar-refractivity contribution in [2.24, 2.45) is 4.99 Å². The molecular formula is C23H26FN7O. The maximum absolute atomic E-state index is 14.1. The summed E-state index contributed by atoms with van der Waals surface area (Å²) in [4.78, 5) is 8.47. The maximum atomic E-state index is 14.1. The number of nitrogen functional groups attached to an aromatic ring is 1. The quantitative estimate of drug-likeness (QED) is 0.371. The van der Waals surface area contributed by atoms with Crippen molar-refractivity contribution < 1.29 is 9.13 Å². The van der Waals surface area contributed by atoms with E-state index in [1.807, 2.05) is 0 Å². The highest BCUT2D eigenvalue weighted by molar-refractivity contribution is 6.04. The summed E-state index contributed by atoms with van der Waals surface area (Å²) in [7, 11) is 0. The predicted octanol–water partition coefficient (Wildman–Crippen LogP) is 3.40. The van der Waals surface area contributed by atoms with Crippen LogP contribution in [0.1, 0.15) is 49.0 Å². The molecule has 1 atom stereocenters. The molecule has 0 amide bonds. The summed E-state index contributed by atoms with van der Waals surface area (Å²) in [6.45, 7) is 2.07. The second-order valence-corrected chi connectivity index (χ2v) is 7.88. The van der Waals surface area contributed by atoms with Crippen molar-refractivity contribution >= 4 is 29.9 Å². The molecule has 1 aliphatic heterocycles. The van der Waals surface area contributed by atoms with Crippen LogP contribution in [0.3, 0.4) is 0 Å². The number of fused-ring (bicyclic) bond motifs is 3. The normalized spacial score (nSPS) is 22.3. The zero-order valence-corrected chi connectivity index (χ0v) is 17.8. The van der Waals surface area contributed by atoms with E-state index < -0.39 is 11.9 Å². The second kappa shape index (κ2) is 9.17. The number of rotatable bonds is 4. The van der Waals surface area contributed by atoms with Crippen molar-refractivity contribution in [1.82, 2.24) is 15.6 Å². The van der Waals surface area contributed by atoms with Gasteiger partial charge in [-0.25, -0.2) is 14.4 Å². The molecule has 0 radical (unpaired) electrons. The Kier molecular flexibility index (Phi) is 6.16. The predicted molar refractivity (Wildman–Crippen MR) is 124 cm³/mol. The number of halogens is 1. The van der Waals surface area contributed by atoms with Crippen molar-refractivity contribution in [3.05, 3.63) is 58.5 Å². The van der Waals surface area contributed by atoms with E-state index in [2.05, 4.69) is 20.6 Å². The van der Waals surface area contributed by atoms with Gasteiger partial charge in [-0.1, -0.05) is 0 Å². The summed E-state index contributed by atoms with van der Waals surface area (Å²) in [6.07, 6.45) is 6.59. The molecule has 4 rings (SSSR count). The number of anilines is 1. The van der Waals surface area contributed by atoms with Crippen molar-refractivity contribution in [1.29, 1.82) is 10.8 Å². The standard InChI is InChI=1S/C23H26FN7O/c1-13-19-8-16(24)5-6-18(19)23(30-12-26)29-11-15(9-25)21(31-17-3-2-4-17)14-7-20(32-13)22(27)28-10-14/h5-10,12-13,17,25,31H,2-4,11H2,1H3,(H2,27,28)(H2,26,29,30)/b21-15+,25-9?/t13-/m1/s1. The Balaban J connectivity index is 1.88. The second-order valence-electron chi connectivity index (χ2n) is 7.88. The SMILES string of the molecule is C[C@H]1Oc2cc(cnc2N)/C(NC2CCC2)=C(/C=N)CN/C(=N\C=N)c2ccc(F)cc21. The lowest BCUT2D eigenvalue weighted by Crippen LogP contribution is -2.36. The molecule has 2 bridgehead atoms. The highest BCUT2D eigenvalue weighted by Gasteiger charge is 2.24. The molecular weight excluding hydrogens is 409 g/mol. The number of amidine groups is 1. The molecule has 2 aromatic rings. The average molecular weight is 436 g/mol. The van der Waals surface area contributed by atoms with E-state index >= 15 is 0 Å². The molecule has 0 unspecified atom stereocenters. The summed E-state index contributed by atoms with van der Waals surface area (Å²) in [5, 5.41) is 22.3. The minimum atomic E-state index is -0.563. The first-order chi connectivity index (χ1) is 15.5. The van der Waals surface area contributed by atoms with Gasteiger partial charge in [0, 0.05) is 53.0 Å². The van der Waals surface area contributed by atoms with Crippen LogP contribution in [-0.2, 0) is 0 Å². The molecule has 2 aliphatic rings. The molecule has 6 N–H and O–H groups in total. The van der Waals surface area contributed by atoms with Crippen LogP contribution in [0, 0.1) is 16.6 Å². The Hall–Kier alpha value is -3.75. The molecule has 2 heterocycles. The average Bonchev–Trinajstić information content (AvgIpc) is 2.75. The summed E-state index contributed by atoms with van der Waals surface area (Å²) in [6, 6.07) is 6.46. The number of hydrogen-bond acceptors (Lipinski definition) is 6. The summed E-state index contributed by atoms with van der Waals surface area (Å²) >= 11 is 0. The first-order valence-corrected chi connectivity index (χ1v) is 10.5. The lowest BCUT2D eigenvalue weighted by Gasteiger charge is -2.30. The van der Waals surface area contributed by atoms with Crippen LogP contribution >= 0.6 is 0 Å². The van der Waals surface area contributed by atoms with Crippen molar-refractivity contribution in [3.63, 3.8) is 0 Å². The van der Waals surface area contributed by atoms with Gasteiger partial charge in [0.15, 0.2) is 11.6 Å². The number of nitrogens with one attached hydrogen (secondary N) is 4. The number of hydrogen-bond donors (Lipinski definition) is 5. The highest BCUT2D eigenvalue weighted by atomic mass is 19.1. The minimum absolute atomic E-state index is 0.224. The third kappa shape index (κ3) is 4.32. The van der Waals surface area contributed by atoms with Gasteiger partial charge in [-0.15, -0.1) is 0 Å². The number of nitrogens with two attached hydrogens (primary N) is 1. The number of ether oxygens (including phenoxy) is 1. The van der Waals surface area contributed by atoms with Gasteiger partial charge in [-0.05, 0) is 50.5 Å². The fourth-order valence-electron chi connectivity index (χ4n) is 3.81. The van der Waals surface area contributed by atoms with Crippen LogP contribution in [0.25, 0.3) is 5.70 Å². The van der Waals surface area contributed by atoms with Crippen LogP contribution < -0.4 is 21.1 Å². The van der Waals surface area contributed by atoms with Crippen LogP contribution in [0.5, 0.6) is 5.75 Å². The molecule has 1 aliphatic carbocycles. The first-order valence-electron chi connectivity index (χ1n) is 10.5. The Labute approximate surface area is 185 Å². The summed E-state index contributed by atoms with van der Waals surface area (Å²) < 4.78 is 20.2. The summed E-state index contributed by atoms with van der Waals surface area (Å²) in [5.74, 6) is 0.582. The smallest absolute Gasteiger partial charge is 0.166 e. The molecule has 32 heavy (non-hydrogen) atoms. The zero-order chi connectivity index (χ0) is 22.7. The molecule has 0 spiro atoms. The van der Waals surface area contributed by atoms with Crippen molar-refractivity contribution in [3.8, 4) is 5.75 Å². The van der Waals surface area contributed by atoms with Gasteiger partial charge in [0.25, 0.3) is 0 Å². The van der Waals surface area contributed by atoms with E-state index in [1.165, 1.54) is 24.8 Å². The Morgan fingerprint density at radius 1 is 1.31 bits per heavy atom. The minimum Gasteiger partial charge on any atom is -0.482 e. The van der Waals surface area contributed by atoms with Crippen LogP contribution in [-0.4, -0.2) is 36.0 Å². The van der Waals surface area contributed by atoms with Gasteiger partial charge in [-0.3, -0.25) is 5.41 Å². The van der Waals surface area contributed by atoms with Gasteiger partial charge in [0.1, 0.15) is 24.1 Å². The Morgan fingerprint density at radius 3 is 2.81 bits per heavy atom. The number of nitrogens with zero attached hydrogens (tertiary/aromatic N) is 2. The van der Waals surface area contributed by atoms with Gasteiger partial charge in [-0.2, -0.15) is 0 Å². The first kappa shape index (κ1) is 21.5. The van der Waals surface area contributed by atoms with E-state index in [-0.39, 0.29) is 12.4 Å². The monoisotopic (exact) mass is 435 g/mol. The molecule has 0 saturated heterocycles. The van der Waals surface area contributed by atoms with E-state index in [0.29, 0.717) is 34.3 Å². The van der Waals surface area contributed by atoms with Crippen molar-refractivity contribution in [2.75, 3.05) is 12.3 Å². The summed E-state index contributed by atoms with van der Waals surface area (Å²) in [5.41, 5.74) is 9.46. The molecule has 1 fully saturated rings. The van der Waals surface area contributed by atoms with Crippen LogP contribution in [0.15, 0.2) is 41.0 Å². The van der Waals surface area contributed by atoms with Crippen molar-refractivity contribution in [2.45, 2.75) is 38.3 Å². The van der Waals surface area contributed by atoms with Crippen LogP contribution in [0.4, 0.5) is 10.2 Å². The van der Waals surface area contributed by atoms with Gasteiger partial charge in [0.05, 0.1) is 0 Å². The third-order valence-corrected chi connectivity index (χ3v) is 5.77. The highest BCUT2D eigenvalue weighted by Crippen LogP contribution is 2.32. The molecule has 166 valence electrons. The van der Waals surface area contributed by atoms with Gasteiger partial charge >= 0.3 is 0 Å². The van der Waals surface area contributed by atoms with Crippen LogP contribution in [0.2, 0.25) is 0 Å².